The Balaban J connectivity index is 1.71. The summed E-state index contributed by atoms with van der Waals surface area (Å²) in [6, 6.07) is 8.82. The first kappa shape index (κ1) is 16.9. The highest BCUT2D eigenvalue weighted by atomic mass is 16.2. The molecule has 0 bridgehead atoms. The Morgan fingerprint density at radius 1 is 1.24 bits per heavy atom. The van der Waals surface area contributed by atoms with Crippen molar-refractivity contribution in [3.63, 3.8) is 0 Å². The van der Waals surface area contributed by atoms with Gasteiger partial charge in [0.1, 0.15) is 6.04 Å². The molecule has 1 aromatic carbocycles. The minimum Gasteiger partial charge on any atom is -0.353 e. The first-order valence-electron chi connectivity index (χ1n) is 8.29. The Hall–Kier alpha value is -2.96. The van der Waals surface area contributed by atoms with E-state index in [0.717, 1.165) is 5.56 Å². The maximum absolute atomic E-state index is 12.6. The van der Waals surface area contributed by atoms with Gasteiger partial charge in [0.05, 0.1) is 18.1 Å². The van der Waals surface area contributed by atoms with Gasteiger partial charge in [0.25, 0.3) is 0 Å². The number of carbonyl (C=O) groups excluding carboxylic acids is 2. The van der Waals surface area contributed by atoms with Crippen LogP contribution in [-0.2, 0) is 4.79 Å². The third-order valence-corrected chi connectivity index (χ3v) is 4.08. The van der Waals surface area contributed by atoms with Crippen LogP contribution < -0.4 is 10.6 Å². The summed E-state index contributed by atoms with van der Waals surface area (Å²) >= 11 is 0. The molecule has 1 unspecified atom stereocenters. The van der Waals surface area contributed by atoms with Gasteiger partial charge >= 0.3 is 6.03 Å². The molecule has 0 saturated carbocycles. The summed E-state index contributed by atoms with van der Waals surface area (Å²) in [6.45, 7) is 4.78. The molecule has 7 nitrogen and oxygen atoms in total. The highest BCUT2D eigenvalue weighted by molar-refractivity contribution is 5.94. The van der Waals surface area contributed by atoms with Gasteiger partial charge < -0.3 is 15.5 Å². The molecule has 1 saturated heterocycles. The molecule has 1 aliphatic heterocycles. The van der Waals surface area contributed by atoms with Crippen molar-refractivity contribution in [1.29, 1.82) is 0 Å². The topological polar surface area (TPSA) is 87.2 Å². The molecule has 1 fully saturated rings. The molecule has 130 valence electrons. The fourth-order valence-electron chi connectivity index (χ4n) is 2.90. The van der Waals surface area contributed by atoms with Crippen LogP contribution in [0.5, 0.6) is 0 Å². The van der Waals surface area contributed by atoms with Gasteiger partial charge in [-0.1, -0.05) is 44.2 Å². The second-order valence-corrected chi connectivity index (χ2v) is 6.26. The summed E-state index contributed by atoms with van der Waals surface area (Å²) in [7, 11) is 0. The van der Waals surface area contributed by atoms with E-state index in [0.29, 0.717) is 24.6 Å². The molecule has 2 heterocycles. The number of aromatic nitrogens is 2. The van der Waals surface area contributed by atoms with Crippen molar-refractivity contribution in [2.24, 2.45) is 5.92 Å². The molecule has 0 radical (unpaired) electrons. The minimum atomic E-state index is -0.474. The van der Waals surface area contributed by atoms with E-state index in [4.69, 9.17) is 0 Å². The van der Waals surface area contributed by atoms with Crippen molar-refractivity contribution in [3.8, 4) is 11.4 Å². The number of nitrogens with one attached hydrogen (secondary N) is 2. The molecule has 1 aromatic heterocycles. The fourth-order valence-corrected chi connectivity index (χ4v) is 2.90. The second kappa shape index (κ2) is 7.29. The van der Waals surface area contributed by atoms with Gasteiger partial charge in [-0.25, -0.2) is 14.8 Å². The molecule has 3 amide bonds. The Bertz CT molecular complexity index is 746. The largest absolute Gasteiger partial charge is 0.353 e. The number of hydrogen-bond acceptors (Lipinski definition) is 4. The number of piperazine rings is 1. The molecule has 3 rings (SSSR count). The zero-order valence-corrected chi connectivity index (χ0v) is 14.3. The normalized spacial score (nSPS) is 17.3. The van der Waals surface area contributed by atoms with Crippen LogP contribution in [0.25, 0.3) is 11.4 Å². The molecule has 0 aliphatic carbocycles. The molecular weight excluding hydrogens is 318 g/mol. The quantitative estimate of drug-likeness (QED) is 0.897. The van der Waals surface area contributed by atoms with Crippen LogP contribution >= 0.6 is 0 Å². The van der Waals surface area contributed by atoms with E-state index >= 15 is 0 Å². The van der Waals surface area contributed by atoms with Crippen molar-refractivity contribution in [1.82, 2.24) is 20.2 Å². The number of urea groups is 1. The maximum Gasteiger partial charge on any atom is 0.322 e. The van der Waals surface area contributed by atoms with Crippen molar-refractivity contribution in [2.75, 3.05) is 18.4 Å². The third kappa shape index (κ3) is 3.76. The van der Waals surface area contributed by atoms with Gasteiger partial charge in [0, 0.05) is 18.7 Å². The Morgan fingerprint density at radius 3 is 2.56 bits per heavy atom. The summed E-state index contributed by atoms with van der Waals surface area (Å²) in [4.78, 5) is 34.8. The molecular formula is C18H21N5O2. The van der Waals surface area contributed by atoms with Crippen LogP contribution in [0.4, 0.5) is 10.5 Å². The summed E-state index contributed by atoms with van der Waals surface area (Å²) in [5.41, 5.74) is 1.41. The molecule has 25 heavy (non-hydrogen) atoms. The summed E-state index contributed by atoms with van der Waals surface area (Å²) in [5.74, 6) is 0.505. The lowest BCUT2D eigenvalue weighted by Crippen LogP contribution is -2.60. The van der Waals surface area contributed by atoms with Crippen LogP contribution in [0.1, 0.15) is 13.8 Å². The standard InChI is InChI=1S/C18H21N5O2/c1-12(2)15-17(24)19-8-9-23(15)18(25)22-14-10-20-16(21-11-14)13-6-4-3-5-7-13/h3-7,10-12,15H,8-9H2,1-2H3,(H,19,24)(H,22,25). The van der Waals surface area contributed by atoms with Gasteiger partial charge in [-0.15, -0.1) is 0 Å². The smallest absolute Gasteiger partial charge is 0.322 e. The van der Waals surface area contributed by atoms with Crippen LogP contribution in [0, 0.1) is 5.92 Å². The maximum atomic E-state index is 12.6. The van der Waals surface area contributed by atoms with Crippen molar-refractivity contribution < 1.29 is 9.59 Å². The highest BCUT2D eigenvalue weighted by Gasteiger charge is 2.35. The van der Waals surface area contributed by atoms with Gasteiger partial charge in [-0.2, -0.15) is 0 Å². The monoisotopic (exact) mass is 339 g/mol. The summed E-state index contributed by atoms with van der Waals surface area (Å²) < 4.78 is 0. The lowest BCUT2D eigenvalue weighted by Gasteiger charge is -2.37. The Kier molecular flexibility index (Phi) is 4.92. The van der Waals surface area contributed by atoms with Gasteiger partial charge in [0.2, 0.25) is 5.91 Å². The average molecular weight is 339 g/mol. The zero-order chi connectivity index (χ0) is 17.8. The van der Waals surface area contributed by atoms with Gasteiger partial charge in [0.15, 0.2) is 5.82 Å². The lowest BCUT2D eigenvalue weighted by atomic mass is 10.00. The number of hydrogen-bond donors (Lipinski definition) is 2. The second-order valence-electron chi connectivity index (χ2n) is 6.26. The number of amides is 3. The molecule has 2 N–H and O–H groups in total. The highest BCUT2D eigenvalue weighted by Crippen LogP contribution is 2.18. The average Bonchev–Trinajstić information content (AvgIpc) is 2.62. The third-order valence-electron chi connectivity index (χ3n) is 4.08. The first-order chi connectivity index (χ1) is 12.1. The number of rotatable bonds is 3. The number of benzene rings is 1. The molecule has 1 aliphatic rings. The van der Waals surface area contributed by atoms with E-state index in [1.807, 2.05) is 44.2 Å². The van der Waals surface area contributed by atoms with Crippen LogP contribution in [0.3, 0.4) is 0 Å². The first-order valence-corrected chi connectivity index (χ1v) is 8.29. The van der Waals surface area contributed by atoms with Crippen molar-refractivity contribution in [3.05, 3.63) is 42.7 Å². The molecule has 0 spiro atoms. The van der Waals surface area contributed by atoms with Crippen molar-refractivity contribution in [2.45, 2.75) is 19.9 Å². The Morgan fingerprint density at radius 2 is 1.92 bits per heavy atom. The van der Waals surface area contributed by atoms with E-state index < -0.39 is 6.04 Å². The number of nitrogens with zero attached hydrogens (tertiary/aromatic N) is 3. The fraction of sp³-hybridized carbons (Fsp3) is 0.333. The molecule has 7 heteroatoms. The number of anilines is 1. The van der Waals surface area contributed by atoms with Crippen LogP contribution in [-0.4, -0.2) is 45.9 Å². The Labute approximate surface area is 146 Å². The predicted octanol–water partition coefficient (Wildman–Crippen LogP) is 2.13. The van der Waals surface area contributed by atoms with Crippen molar-refractivity contribution >= 4 is 17.6 Å². The van der Waals surface area contributed by atoms with E-state index in [-0.39, 0.29) is 17.9 Å². The molecule has 2 aromatic rings. The number of carbonyl (C=O) groups is 2. The summed E-state index contributed by atoms with van der Waals surface area (Å²) in [6.07, 6.45) is 3.14. The van der Waals surface area contributed by atoms with E-state index in [9.17, 15) is 9.59 Å². The van der Waals surface area contributed by atoms with Crippen LogP contribution in [0.2, 0.25) is 0 Å². The molecule has 1 atom stereocenters. The minimum absolute atomic E-state index is 0.0303. The zero-order valence-electron chi connectivity index (χ0n) is 14.3. The lowest BCUT2D eigenvalue weighted by molar-refractivity contribution is -0.129. The summed E-state index contributed by atoms with van der Waals surface area (Å²) in [5, 5.41) is 5.58. The van der Waals surface area contributed by atoms with E-state index in [1.165, 1.54) is 0 Å². The van der Waals surface area contributed by atoms with Gasteiger partial charge in [-0.05, 0) is 5.92 Å². The van der Waals surface area contributed by atoms with Crippen LogP contribution in [0.15, 0.2) is 42.7 Å². The van der Waals surface area contributed by atoms with E-state index in [1.54, 1.807) is 17.3 Å². The van der Waals surface area contributed by atoms with E-state index in [2.05, 4.69) is 20.6 Å². The van der Waals surface area contributed by atoms with Gasteiger partial charge in [-0.3, -0.25) is 4.79 Å². The SMILES string of the molecule is CC(C)C1C(=O)NCCN1C(=O)Nc1cnc(-c2ccccc2)nc1. The predicted molar refractivity (Wildman–Crippen MR) is 94.8 cm³/mol.